The van der Waals surface area contributed by atoms with E-state index in [2.05, 4.69) is 25.5 Å². The molecule has 0 aromatic carbocycles. The van der Waals surface area contributed by atoms with Crippen LogP contribution in [-0.2, 0) is 15.7 Å². The van der Waals surface area contributed by atoms with Crippen LogP contribution in [-0.4, -0.2) is 63.3 Å². The molecule has 0 spiro atoms. The lowest BCUT2D eigenvalue weighted by atomic mass is 9.95. The van der Waals surface area contributed by atoms with E-state index in [-0.39, 0.29) is 36.5 Å². The highest BCUT2D eigenvalue weighted by molar-refractivity contribution is 5.76. The Bertz CT molecular complexity index is 1060. The third-order valence-electron chi connectivity index (χ3n) is 6.61. The van der Waals surface area contributed by atoms with Gasteiger partial charge >= 0.3 is 6.18 Å². The van der Waals surface area contributed by atoms with Gasteiger partial charge in [0.2, 0.25) is 5.91 Å². The SMILES string of the molecule is Cc1c(N[C@H](COCCC(=O)N2CCC(c3ncc(C(F)(F)F)cn3)CC2)C2CC2)cn[nH]c1=O. The first-order valence-corrected chi connectivity index (χ1v) is 11.8. The Hall–Kier alpha value is -3.02. The normalized spacial score (nSPS) is 17.9. The molecule has 1 aliphatic carbocycles. The van der Waals surface area contributed by atoms with Crippen molar-refractivity contribution in [3.63, 3.8) is 0 Å². The number of aromatic nitrogens is 4. The highest BCUT2D eigenvalue weighted by Crippen LogP contribution is 2.34. The summed E-state index contributed by atoms with van der Waals surface area (Å²) in [6.45, 7) is 3.47. The number of alkyl halides is 3. The van der Waals surface area contributed by atoms with Crippen LogP contribution in [0.2, 0.25) is 0 Å². The molecule has 1 aliphatic heterocycles. The fraction of sp³-hybridized carbons (Fsp3) is 0.609. The lowest BCUT2D eigenvalue weighted by molar-refractivity contribution is -0.138. The van der Waals surface area contributed by atoms with Crippen LogP contribution in [0.15, 0.2) is 23.4 Å². The molecule has 190 valence electrons. The number of rotatable bonds is 9. The number of piperidine rings is 1. The van der Waals surface area contributed by atoms with Crippen LogP contribution in [0.3, 0.4) is 0 Å². The van der Waals surface area contributed by atoms with E-state index in [0.717, 1.165) is 25.2 Å². The van der Waals surface area contributed by atoms with Gasteiger partial charge in [-0.05, 0) is 38.5 Å². The predicted molar refractivity (Wildman–Crippen MR) is 121 cm³/mol. The zero-order valence-corrected chi connectivity index (χ0v) is 19.5. The molecule has 3 heterocycles. The maximum atomic E-state index is 12.7. The van der Waals surface area contributed by atoms with Gasteiger partial charge in [0.25, 0.3) is 5.56 Å². The van der Waals surface area contributed by atoms with E-state index in [1.165, 1.54) is 0 Å². The van der Waals surface area contributed by atoms with Gasteiger partial charge in [-0.1, -0.05) is 0 Å². The molecule has 2 aliphatic rings. The lowest BCUT2D eigenvalue weighted by Crippen LogP contribution is -2.38. The highest BCUT2D eigenvalue weighted by Gasteiger charge is 2.33. The second-order valence-electron chi connectivity index (χ2n) is 9.13. The molecule has 0 unspecified atom stereocenters. The van der Waals surface area contributed by atoms with Crippen LogP contribution in [0.1, 0.15) is 55.0 Å². The molecule has 35 heavy (non-hydrogen) atoms. The summed E-state index contributed by atoms with van der Waals surface area (Å²) < 4.78 is 43.9. The third-order valence-corrected chi connectivity index (χ3v) is 6.61. The van der Waals surface area contributed by atoms with E-state index in [9.17, 15) is 22.8 Å². The summed E-state index contributed by atoms with van der Waals surface area (Å²) in [4.78, 5) is 33.9. The zero-order chi connectivity index (χ0) is 25.0. The number of aromatic amines is 1. The molecular formula is C23H29F3N6O3. The fourth-order valence-corrected chi connectivity index (χ4v) is 4.21. The van der Waals surface area contributed by atoms with E-state index < -0.39 is 11.7 Å². The van der Waals surface area contributed by atoms with E-state index in [0.29, 0.717) is 55.5 Å². The summed E-state index contributed by atoms with van der Waals surface area (Å²) in [7, 11) is 0. The molecule has 0 radical (unpaired) electrons. The monoisotopic (exact) mass is 494 g/mol. The number of hydrogen-bond donors (Lipinski definition) is 2. The topological polar surface area (TPSA) is 113 Å². The van der Waals surface area contributed by atoms with E-state index in [1.807, 2.05) is 0 Å². The molecule has 0 bridgehead atoms. The number of H-pyrrole nitrogens is 1. The highest BCUT2D eigenvalue weighted by atomic mass is 19.4. The second kappa shape index (κ2) is 10.7. The Balaban J connectivity index is 1.19. The number of likely N-dealkylation sites (tertiary alicyclic amines) is 1. The van der Waals surface area contributed by atoms with Crippen molar-refractivity contribution < 1.29 is 22.7 Å². The molecule has 4 rings (SSSR count). The van der Waals surface area contributed by atoms with Crippen molar-refractivity contribution in [2.24, 2.45) is 5.92 Å². The molecule has 2 fully saturated rings. The number of hydrogen-bond acceptors (Lipinski definition) is 7. The van der Waals surface area contributed by atoms with Crippen LogP contribution >= 0.6 is 0 Å². The summed E-state index contributed by atoms with van der Waals surface area (Å²) in [5.74, 6) is 0.780. The summed E-state index contributed by atoms with van der Waals surface area (Å²) in [5, 5.41) is 9.61. The number of carbonyl (C=O) groups excluding carboxylic acids is 1. The van der Waals surface area contributed by atoms with Gasteiger partial charge in [0.1, 0.15) is 5.82 Å². The van der Waals surface area contributed by atoms with E-state index in [1.54, 1.807) is 18.0 Å². The minimum Gasteiger partial charge on any atom is -0.379 e. The Labute approximate surface area is 200 Å². The molecule has 9 nitrogen and oxygen atoms in total. The number of nitrogens with zero attached hydrogens (tertiary/aromatic N) is 4. The molecule has 2 N–H and O–H groups in total. The number of anilines is 1. The minimum atomic E-state index is -4.46. The summed E-state index contributed by atoms with van der Waals surface area (Å²) in [6.07, 6.45) is 2.41. The number of halogens is 3. The van der Waals surface area contributed by atoms with Gasteiger partial charge in [0.15, 0.2) is 0 Å². The van der Waals surface area contributed by atoms with Gasteiger partial charge in [-0.15, -0.1) is 0 Å². The lowest BCUT2D eigenvalue weighted by Gasteiger charge is -2.31. The van der Waals surface area contributed by atoms with Crippen molar-refractivity contribution in [1.29, 1.82) is 0 Å². The van der Waals surface area contributed by atoms with Crippen molar-refractivity contribution in [3.05, 3.63) is 45.9 Å². The fourth-order valence-electron chi connectivity index (χ4n) is 4.21. The van der Waals surface area contributed by atoms with Crippen molar-refractivity contribution in [3.8, 4) is 0 Å². The molecule has 12 heteroatoms. The predicted octanol–water partition coefficient (Wildman–Crippen LogP) is 2.89. The summed E-state index contributed by atoms with van der Waals surface area (Å²) >= 11 is 0. The van der Waals surface area contributed by atoms with E-state index in [4.69, 9.17) is 4.74 Å². The third kappa shape index (κ3) is 6.56. The number of ether oxygens (including phenoxy) is 1. The van der Waals surface area contributed by atoms with Crippen LogP contribution < -0.4 is 10.9 Å². The Morgan fingerprint density at radius 1 is 1.20 bits per heavy atom. The van der Waals surface area contributed by atoms with Gasteiger partial charge in [-0.25, -0.2) is 15.1 Å². The number of nitrogens with one attached hydrogen (secondary N) is 2. The molecule has 1 saturated carbocycles. The maximum Gasteiger partial charge on any atom is 0.419 e. The second-order valence-corrected chi connectivity index (χ2v) is 9.13. The summed E-state index contributed by atoms with van der Waals surface area (Å²) in [5.41, 5.74) is 0.165. The molecular weight excluding hydrogens is 465 g/mol. The summed E-state index contributed by atoms with van der Waals surface area (Å²) in [6, 6.07) is 0.0480. The first kappa shape index (κ1) is 25.1. The average molecular weight is 495 g/mol. The average Bonchev–Trinajstić information content (AvgIpc) is 3.69. The Morgan fingerprint density at radius 3 is 2.51 bits per heavy atom. The van der Waals surface area contributed by atoms with Crippen LogP contribution in [0.25, 0.3) is 0 Å². The zero-order valence-electron chi connectivity index (χ0n) is 19.5. The first-order valence-electron chi connectivity index (χ1n) is 11.8. The quantitative estimate of drug-likeness (QED) is 0.516. The minimum absolute atomic E-state index is 0.0117. The molecule has 1 amide bonds. The molecule has 2 aromatic heterocycles. The standard InChI is InChI=1S/C23H29F3N6O3/c1-14-18(12-29-31-22(14)34)30-19(15-2-3-15)13-35-9-6-20(33)32-7-4-16(5-8-32)21-27-10-17(11-28-21)23(24,25)26/h10-12,15-16,19H,2-9,13H2,1H3,(H2,30,31,34)/t19-/m1/s1. The van der Waals surface area contributed by atoms with Crippen LogP contribution in [0.5, 0.6) is 0 Å². The van der Waals surface area contributed by atoms with Gasteiger partial charge in [-0.2, -0.15) is 18.3 Å². The Kier molecular flexibility index (Phi) is 7.68. The van der Waals surface area contributed by atoms with Crippen molar-refractivity contribution >= 4 is 11.6 Å². The molecule has 2 aromatic rings. The maximum absolute atomic E-state index is 12.7. The number of amides is 1. The van der Waals surface area contributed by atoms with Crippen LogP contribution in [0, 0.1) is 12.8 Å². The van der Waals surface area contributed by atoms with Gasteiger partial charge in [0.05, 0.1) is 43.1 Å². The smallest absolute Gasteiger partial charge is 0.379 e. The van der Waals surface area contributed by atoms with Gasteiger partial charge in [0, 0.05) is 37.0 Å². The first-order chi connectivity index (χ1) is 16.7. The number of carbonyl (C=O) groups is 1. The Morgan fingerprint density at radius 2 is 1.89 bits per heavy atom. The van der Waals surface area contributed by atoms with E-state index >= 15 is 0 Å². The molecule has 1 saturated heterocycles. The van der Waals surface area contributed by atoms with Crippen molar-refractivity contribution in [2.75, 3.05) is 31.6 Å². The van der Waals surface area contributed by atoms with Crippen molar-refractivity contribution in [2.45, 2.75) is 57.2 Å². The van der Waals surface area contributed by atoms with Crippen LogP contribution in [0.4, 0.5) is 18.9 Å². The molecule has 1 atom stereocenters. The largest absolute Gasteiger partial charge is 0.419 e. The van der Waals surface area contributed by atoms with Gasteiger partial charge < -0.3 is 15.0 Å². The van der Waals surface area contributed by atoms with Crippen molar-refractivity contribution in [1.82, 2.24) is 25.1 Å². The van der Waals surface area contributed by atoms with Gasteiger partial charge in [-0.3, -0.25) is 9.59 Å².